The number of rotatable bonds is 5. The molecule has 5 heteroatoms. The third-order valence-corrected chi connectivity index (χ3v) is 3.76. The quantitative estimate of drug-likeness (QED) is 0.845. The van der Waals surface area contributed by atoms with E-state index < -0.39 is 0 Å². The highest BCUT2D eigenvalue weighted by Crippen LogP contribution is 2.17. The lowest BCUT2D eigenvalue weighted by Gasteiger charge is -2.26. The zero-order chi connectivity index (χ0) is 14.4. The summed E-state index contributed by atoms with van der Waals surface area (Å²) in [6.07, 6.45) is 0.517. The molecule has 110 valence electrons. The Kier molecular flexibility index (Phi) is 5.83. The lowest BCUT2D eigenvalue weighted by molar-refractivity contribution is -0.135. The minimum absolute atomic E-state index is 0.191. The molecule has 0 spiro atoms. The molecular weight excluding hydrogens is 276 g/mol. The molecule has 2 rings (SSSR count). The summed E-state index contributed by atoms with van der Waals surface area (Å²) in [5.41, 5.74) is 2.22. The van der Waals surface area contributed by atoms with Gasteiger partial charge in [-0.1, -0.05) is 23.7 Å². The third kappa shape index (κ3) is 4.47. The van der Waals surface area contributed by atoms with Crippen molar-refractivity contribution in [1.82, 2.24) is 10.2 Å². The van der Waals surface area contributed by atoms with Gasteiger partial charge in [-0.15, -0.1) is 0 Å². The van der Waals surface area contributed by atoms with Gasteiger partial charge >= 0.3 is 0 Å². The number of carbonyl (C=O) groups excluding carboxylic acids is 1. The van der Waals surface area contributed by atoms with Crippen LogP contribution >= 0.6 is 11.6 Å². The summed E-state index contributed by atoms with van der Waals surface area (Å²) in [6.45, 7) is 6.10. The largest absolute Gasteiger partial charge is 0.378 e. The first-order valence-electron chi connectivity index (χ1n) is 6.98. The third-order valence-electron chi connectivity index (χ3n) is 3.40. The maximum Gasteiger partial charge on any atom is 0.224 e. The molecule has 1 amide bonds. The van der Waals surface area contributed by atoms with E-state index in [9.17, 15) is 4.79 Å². The van der Waals surface area contributed by atoms with E-state index in [1.807, 2.05) is 30.0 Å². The van der Waals surface area contributed by atoms with Crippen LogP contribution in [0.15, 0.2) is 18.2 Å². The van der Waals surface area contributed by atoms with Crippen LogP contribution in [-0.2, 0) is 16.1 Å². The molecule has 1 N–H and O–H groups in total. The van der Waals surface area contributed by atoms with Crippen molar-refractivity contribution in [3.8, 4) is 0 Å². The van der Waals surface area contributed by atoms with E-state index in [0.29, 0.717) is 45.8 Å². The number of amides is 1. The fourth-order valence-electron chi connectivity index (χ4n) is 2.18. The summed E-state index contributed by atoms with van der Waals surface area (Å²) < 4.78 is 5.23. The molecule has 1 saturated heterocycles. The Balaban J connectivity index is 1.69. The number of morpholine rings is 1. The number of hydrogen-bond donors (Lipinski definition) is 1. The van der Waals surface area contributed by atoms with Crippen LogP contribution in [0, 0.1) is 6.92 Å². The highest BCUT2D eigenvalue weighted by Gasteiger charge is 2.15. The smallest absolute Gasteiger partial charge is 0.224 e. The Bertz CT molecular complexity index is 459. The Morgan fingerprint density at radius 1 is 1.40 bits per heavy atom. The molecule has 0 aromatic heterocycles. The number of benzene rings is 1. The van der Waals surface area contributed by atoms with E-state index in [2.05, 4.69) is 5.32 Å². The van der Waals surface area contributed by atoms with E-state index in [4.69, 9.17) is 16.3 Å². The van der Waals surface area contributed by atoms with E-state index >= 15 is 0 Å². The lowest BCUT2D eigenvalue weighted by Crippen LogP contribution is -2.41. The van der Waals surface area contributed by atoms with Crippen molar-refractivity contribution in [2.75, 3.05) is 32.8 Å². The summed E-state index contributed by atoms with van der Waals surface area (Å²) >= 11 is 6.16. The molecule has 1 heterocycles. The van der Waals surface area contributed by atoms with Crippen molar-refractivity contribution in [3.63, 3.8) is 0 Å². The van der Waals surface area contributed by atoms with Gasteiger partial charge in [0.05, 0.1) is 13.2 Å². The number of carbonyl (C=O) groups is 1. The Morgan fingerprint density at radius 3 is 2.85 bits per heavy atom. The fraction of sp³-hybridized carbons (Fsp3) is 0.533. The summed E-state index contributed by atoms with van der Waals surface area (Å²) in [7, 11) is 0. The van der Waals surface area contributed by atoms with Crippen LogP contribution in [0.2, 0.25) is 5.02 Å². The second-order valence-corrected chi connectivity index (χ2v) is 5.42. The average molecular weight is 297 g/mol. The Labute approximate surface area is 125 Å². The van der Waals surface area contributed by atoms with Gasteiger partial charge in [0.15, 0.2) is 0 Å². The first kappa shape index (κ1) is 15.3. The zero-order valence-corrected chi connectivity index (χ0v) is 12.6. The van der Waals surface area contributed by atoms with Gasteiger partial charge in [-0.05, 0) is 24.1 Å². The predicted molar refractivity (Wildman–Crippen MR) is 79.9 cm³/mol. The summed E-state index contributed by atoms with van der Waals surface area (Å²) in [4.78, 5) is 13.8. The Hall–Kier alpha value is -1.10. The van der Waals surface area contributed by atoms with Crippen LogP contribution in [0.4, 0.5) is 0 Å². The van der Waals surface area contributed by atoms with Crippen molar-refractivity contribution in [2.24, 2.45) is 0 Å². The van der Waals surface area contributed by atoms with Gasteiger partial charge in [0.1, 0.15) is 0 Å². The second kappa shape index (κ2) is 7.62. The van der Waals surface area contributed by atoms with E-state index in [1.165, 1.54) is 0 Å². The zero-order valence-electron chi connectivity index (χ0n) is 11.8. The minimum atomic E-state index is 0.191. The van der Waals surface area contributed by atoms with Crippen LogP contribution in [0.3, 0.4) is 0 Å². The van der Waals surface area contributed by atoms with Crippen LogP contribution in [0.25, 0.3) is 0 Å². The van der Waals surface area contributed by atoms with Gasteiger partial charge in [-0.2, -0.15) is 0 Å². The Morgan fingerprint density at radius 2 is 2.15 bits per heavy atom. The van der Waals surface area contributed by atoms with Crippen molar-refractivity contribution >= 4 is 17.5 Å². The molecule has 4 nitrogen and oxygen atoms in total. The summed E-state index contributed by atoms with van der Waals surface area (Å²) in [6, 6.07) is 6.02. The molecule has 1 aromatic carbocycles. The molecular formula is C15H21ClN2O2. The molecule has 0 aliphatic carbocycles. The average Bonchev–Trinajstić information content (AvgIpc) is 2.46. The first-order chi connectivity index (χ1) is 9.66. The number of aryl methyl sites for hydroxylation is 1. The molecule has 20 heavy (non-hydrogen) atoms. The van der Waals surface area contributed by atoms with Crippen molar-refractivity contribution in [1.29, 1.82) is 0 Å². The van der Waals surface area contributed by atoms with Crippen molar-refractivity contribution < 1.29 is 9.53 Å². The molecule has 1 aliphatic heterocycles. The molecule has 1 aromatic rings. The summed E-state index contributed by atoms with van der Waals surface area (Å²) in [5.74, 6) is 0.191. The maximum absolute atomic E-state index is 11.9. The topological polar surface area (TPSA) is 41.6 Å². The van der Waals surface area contributed by atoms with E-state index in [1.54, 1.807) is 0 Å². The highest BCUT2D eigenvalue weighted by molar-refractivity contribution is 6.31. The number of ether oxygens (including phenoxy) is 1. The molecule has 0 unspecified atom stereocenters. The maximum atomic E-state index is 11.9. The van der Waals surface area contributed by atoms with Crippen molar-refractivity contribution in [2.45, 2.75) is 19.9 Å². The van der Waals surface area contributed by atoms with E-state index in [-0.39, 0.29) is 5.91 Å². The van der Waals surface area contributed by atoms with Gasteiger partial charge in [0.25, 0.3) is 0 Å². The van der Waals surface area contributed by atoms with Crippen LogP contribution < -0.4 is 5.32 Å². The van der Waals surface area contributed by atoms with Gasteiger partial charge in [0, 0.05) is 37.6 Å². The number of nitrogens with zero attached hydrogens (tertiary/aromatic N) is 1. The first-order valence-corrected chi connectivity index (χ1v) is 7.36. The highest BCUT2D eigenvalue weighted by atomic mass is 35.5. The normalized spacial score (nSPS) is 15.4. The summed E-state index contributed by atoms with van der Waals surface area (Å²) in [5, 5.41) is 4.04. The number of hydrogen-bond acceptors (Lipinski definition) is 3. The standard InChI is InChI=1S/C15H21ClN2O2/c1-12-2-3-13(14(16)10-12)11-17-5-4-15(19)18-6-8-20-9-7-18/h2-3,10,17H,4-9,11H2,1H3. The van der Waals surface area contributed by atoms with Crippen LogP contribution in [0.5, 0.6) is 0 Å². The second-order valence-electron chi connectivity index (χ2n) is 5.01. The number of nitrogens with one attached hydrogen (secondary N) is 1. The molecule has 0 saturated carbocycles. The van der Waals surface area contributed by atoms with Gasteiger partial charge < -0.3 is 15.0 Å². The molecule has 0 radical (unpaired) electrons. The van der Waals surface area contributed by atoms with Gasteiger partial charge in [-0.25, -0.2) is 0 Å². The van der Waals surface area contributed by atoms with Crippen LogP contribution in [0.1, 0.15) is 17.5 Å². The molecule has 0 bridgehead atoms. The molecule has 1 aliphatic rings. The SMILES string of the molecule is Cc1ccc(CNCCC(=O)N2CCOCC2)c(Cl)c1. The van der Waals surface area contributed by atoms with Gasteiger partial charge in [0.2, 0.25) is 5.91 Å². The molecule has 0 atom stereocenters. The number of halogens is 1. The van der Waals surface area contributed by atoms with Gasteiger partial charge in [-0.3, -0.25) is 4.79 Å². The molecule has 1 fully saturated rings. The predicted octanol–water partition coefficient (Wildman–Crippen LogP) is 1.99. The fourth-order valence-corrected chi connectivity index (χ4v) is 2.49. The van der Waals surface area contributed by atoms with Crippen LogP contribution in [-0.4, -0.2) is 43.7 Å². The monoisotopic (exact) mass is 296 g/mol. The van der Waals surface area contributed by atoms with Crippen molar-refractivity contribution in [3.05, 3.63) is 34.3 Å². The minimum Gasteiger partial charge on any atom is -0.378 e. The lowest BCUT2D eigenvalue weighted by atomic mass is 10.1. The van der Waals surface area contributed by atoms with E-state index in [0.717, 1.165) is 16.1 Å².